The van der Waals surface area contributed by atoms with E-state index in [0.717, 1.165) is 28.1 Å². The lowest BCUT2D eigenvalue weighted by molar-refractivity contribution is -0.139. The minimum atomic E-state index is -3.74. The highest BCUT2D eigenvalue weighted by Crippen LogP contribution is 2.20. The van der Waals surface area contributed by atoms with Gasteiger partial charge in [-0.15, -0.1) is 0 Å². The van der Waals surface area contributed by atoms with E-state index in [4.69, 9.17) is 4.74 Å². The first-order valence-electron chi connectivity index (χ1n) is 10.8. The quantitative estimate of drug-likeness (QED) is 0.539. The van der Waals surface area contributed by atoms with Gasteiger partial charge in [0.15, 0.2) is 0 Å². The largest absolute Gasteiger partial charge is 0.497 e. The number of sulfonamides is 1. The van der Waals surface area contributed by atoms with Crippen molar-refractivity contribution in [2.24, 2.45) is 0 Å². The van der Waals surface area contributed by atoms with E-state index in [1.165, 1.54) is 4.90 Å². The fourth-order valence-electron chi connectivity index (χ4n) is 3.27. The van der Waals surface area contributed by atoms with Crippen LogP contribution in [0.15, 0.2) is 48.5 Å². The predicted octanol–water partition coefficient (Wildman–Crippen LogP) is 2.71. The van der Waals surface area contributed by atoms with Gasteiger partial charge in [-0.3, -0.25) is 13.9 Å². The summed E-state index contributed by atoms with van der Waals surface area (Å²) in [7, 11) is -2.19. The lowest BCUT2D eigenvalue weighted by Gasteiger charge is -2.31. The third-order valence-corrected chi connectivity index (χ3v) is 6.35. The fraction of sp³-hybridized carbons (Fsp3) is 0.417. The molecule has 180 valence electrons. The molecule has 0 aliphatic rings. The number of carbonyl (C=O) groups is 2. The predicted molar refractivity (Wildman–Crippen MR) is 130 cm³/mol. The van der Waals surface area contributed by atoms with Crippen molar-refractivity contribution in [3.05, 3.63) is 59.7 Å². The van der Waals surface area contributed by atoms with Crippen molar-refractivity contribution in [1.29, 1.82) is 0 Å². The number of hydrogen-bond acceptors (Lipinski definition) is 5. The van der Waals surface area contributed by atoms with E-state index in [1.807, 2.05) is 19.9 Å². The number of carbonyl (C=O) groups excluding carboxylic acids is 2. The smallest absolute Gasteiger partial charge is 0.244 e. The van der Waals surface area contributed by atoms with Crippen LogP contribution in [0.4, 0.5) is 5.69 Å². The summed E-state index contributed by atoms with van der Waals surface area (Å²) in [4.78, 5) is 27.5. The van der Waals surface area contributed by atoms with Gasteiger partial charge in [0.2, 0.25) is 21.8 Å². The number of ether oxygens (including phenoxy) is 1. The molecule has 2 amide bonds. The zero-order valence-corrected chi connectivity index (χ0v) is 20.7. The van der Waals surface area contributed by atoms with Crippen LogP contribution in [0, 0.1) is 6.92 Å². The van der Waals surface area contributed by atoms with Crippen LogP contribution in [-0.2, 0) is 26.2 Å². The molecule has 0 radical (unpaired) electrons. The highest BCUT2D eigenvalue weighted by Gasteiger charge is 2.30. The first-order valence-corrected chi connectivity index (χ1v) is 12.7. The van der Waals surface area contributed by atoms with Crippen LogP contribution in [0.1, 0.15) is 31.4 Å². The van der Waals surface area contributed by atoms with Crippen molar-refractivity contribution in [2.45, 2.75) is 39.8 Å². The summed E-state index contributed by atoms with van der Waals surface area (Å²) in [5.74, 6) is -0.155. The number of aryl methyl sites for hydroxylation is 1. The van der Waals surface area contributed by atoms with Gasteiger partial charge in [0.05, 0.1) is 19.1 Å². The Balaban J connectivity index is 2.37. The van der Waals surface area contributed by atoms with Gasteiger partial charge in [0.25, 0.3) is 0 Å². The molecule has 2 rings (SSSR count). The van der Waals surface area contributed by atoms with E-state index >= 15 is 0 Å². The number of benzene rings is 2. The Bertz CT molecular complexity index is 1050. The van der Waals surface area contributed by atoms with Crippen molar-refractivity contribution in [1.82, 2.24) is 10.2 Å². The van der Waals surface area contributed by atoms with Crippen molar-refractivity contribution >= 4 is 27.5 Å². The first-order chi connectivity index (χ1) is 15.6. The molecular formula is C24H33N3O5S. The van der Waals surface area contributed by atoms with Gasteiger partial charge in [0, 0.05) is 13.1 Å². The lowest BCUT2D eigenvalue weighted by atomic mass is 10.1. The van der Waals surface area contributed by atoms with E-state index in [2.05, 4.69) is 5.32 Å². The van der Waals surface area contributed by atoms with Crippen LogP contribution in [0.5, 0.6) is 5.75 Å². The van der Waals surface area contributed by atoms with Crippen molar-refractivity contribution in [2.75, 3.05) is 30.8 Å². The molecule has 0 unspecified atom stereocenters. The van der Waals surface area contributed by atoms with Crippen molar-refractivity contribution < 1.29 is 22.7 Å². The van der Waals surface area contributed by atoms with Crippen molar-refractivity contribution in [3.8, 4) is 5.75 Å². The Hall–Kier alpha value is -3.07. The summed E-state index contributed by atoms with van der Waals surface area (Å²) in [5, 5.41) is 2.81. The highest BCUT2D eigenvalue weighted by molar-refractivity contribution is 7.92. The Morgan fingerprint density at radius 1 is 1.12 bits per heavy atom. The number of anilines is 1. The van der Waals surface area contributed by atoms with Crippen LogP contribution < -0.4 is 14.4 Å². The Morgan fingerprint density at radius 2 is 1.79 bits per heavy atom. The first kappa shape index (κ1) is 26.2. The number of nitrogens with one attached hydrogen (secondary N) is 1. The minimum Gasteiger partial charge on any atom is -0.497 e. The van der Waals surface area contributed by atoms with Crippen LogP contribution in [0.3, 0.4) is 0 Å². The normalized spacial score (nSPS) is 12.0. The number of rotatable bonds is 11. The zero-order valence-electron chi connectivity index (χ0n) is 19.9. The van der Waals surface area contributed by atoms with E-state index in [1.54, 1.807) is 56.5 Å². The molecule has 1 N–H and O–H groups in total. The Morgan fingerprint density at radius 3 is 2.36 bits per heavy atom. The van der Waals surface area contributed by atoms with Gasteiger partial charge in [-0.05, 0) is 50.1 Å². The number of nitrogens with zero attached hydrogens (tertiary/aromatic N) is 2. The topological polar surface area (TPSA) is 96.0 Å². The molecule has 1 atom stereocenters. The van der Waals surface area contributed by atoms with Crippen LogP contribution in [0.25, 0.3) is 0 Å². The molecule has 0 fully saturated rings. The van der Waals surface area contributed by atoms with Gasteiger partial charge in [0.1, 0.15) is 18.3 Å². The summed E-state index contributed by atoms with van der Waals surface area (Å²) in [6, 6.07) is 13.3. The van der Waals surface area contributed by atoms with E-state index < -0.39 is 28.5 Å². The van der Waals surface area contributed by atoms with Gasteiger partial charge in [-0.2, -0.15) is 0 Å². The maximum Gasteiger partial charge on any atom is 0.244 e. The Kier molecular flexibility index (Phi) is 9.28. The highest BCUT2D eigenvalue weighted by atomic mass is 32.2. The zero-order chi connectivity index (χ0) is 24.6. The monoisotopic (exact) mass is 475 g/mol. The van der Waals surface area contributed by atoms with Crippen LogP contribution in [-0.4, -0.2) is 57.6 Å². The molecule has 8 nitrogen and oxygen atoms in total. The van der Waals surface area contributed by atoms with Gasteiger partial charge >= 0.3 is 0 Å². The third kappa shape index (κ3) is 7.49. The molecule has 2 aromatic rings. The second kappa shape index (κ2) is 11.7. The molecule has 33 heavy (non-hydrogen) atoms. The molecule has 0 bridgehead atoms. The van der Waals surface area contributed by atoms with Gasteiger partial charge in [-0.25, -0.2) is 8.42 Å². The summed E-state index contributed by atoms with van der Waals surface area (Å²) in [6.07, 6.45) is 1.82. The second-order valence-corrected chi connectivity index (χ2v) is 9.85. The van der Waals surface area contributed by atoms with E-state index in [9.17, 15) is 18.0 Å². The molecule has 0 aliphatic heterocycles. The fourth-order valence-corrected chi connectivity index (χ4v) is 4.12. The second-order valence-electron chi connectivity index (χ2n) is 7.95. The molecule has 9 heteroatoms. The molecule has 0 saturated heterocycles. The van der Waals surface area contributed by atoms with E-state index in [-0.39, 0.29) is 12.5 Å². The Labute approximate surface area is 196 Å². The maximum absolute atomic E-state index is 13.4. The van der Waals surface area contributed by atoms with Gasteiger partial charge in [-0.1, -0.05) is 36.8 Å². The average Bonchev–Trinajstić information content (AvgIpc) is 2.79. The molecule has 0 spiro atoms. The minimum absolute atomic E-state index is 0.127. The maximum atomic E-state index is 13.4. The number of hydrogen-bond donors (Lipinski definition) is 1. The molecule has 0 aromatic heterocycles. The molecular weight excluding hydrogens is 442 g/mol. The molecule has 0 aliphatic carbocycles. The van der Waals surface area contributed by atoms with Gasteiger partial charge < -0.3 is 15.0 Å². The molecule has 2 aromatic carbocycles. The summed E-state index contributed by atoms with van der Waals surface area (Å²) in [5.41, 5.74) is 2.12. The number of amides is 2. The van der Waals surface area contributed by atoms with Crippen molar-refractivity contribution in [3.63, 3.8) is 0 Å². The average molecular weight is 476 g/mol. The van der Waals surface area contributed by atoms with Crippen LogP contribution >= 0.6 is 0 Å². The van der Waals surface area contributed by atoms with E-state index in [0.29, 0.717) is 18.0 Å². The summed E-state index contributed by atoms with van der Waals surface area (Å²) >= 11 is 0. The van der Waals surface area contributed by atoms with Crippen LogP contribution in [0.2, 0.25) is 0 Å². The lowest BCUT2D eigenvalue weighted by Crippen LogP contribution is -2.51. The molecule has 0 saturated carbocycles. The number of methoxy groups -OCH3 is 1. The SMILES string of the molecule is CCCNC(=O)[C@H](C)N(Cc1cccc(OC)c1)C(=O)CN(c1ccc(C)cc1)S(C)(=O)=O. The summed E-state index contributed by atoms with van der Waals surface area (Å²) < 4.78 is 31.4. The summed E-state index contributed by atoms with van der Waals surface area (Å²) in [6.45, 7) is 5.67. The third-order valence-electron chi connectivity index (χ3n) is 5.20. The standard InChI is InChI=1S/C24H33N3O5S/c1-6-14-25-24(29)19(3)26(16-20-8-7-9-22(15-20)32-4)23(28)17-27(33(5,30)31)21-12-10-18(2)11-13-21/h7-13,15,19H,6,14,16-17H2,1-5H3,(H,25,29)/t19-/m0/s1. The molecule has 0 heterocycles.